The first-order chi connectivity index (χ1) is 15.3. The number of halogens is 1. The standard InChI is InChI=1S/C23H23FN2O5S/c1-16(17-3-9-20(30-2)10-4-17)25-23(27)15-31-21-11-13-22(14-12-21)32(28,29)26-19-7-5-18(24)6-8-19/h3-14,16,26H,15H2,1-2H3,(H,25,27). The fourth-order valence-electron chi connectivity index (χ4n) is 2.85. The smallest absolute Gasteiger partial charge is 0.261 e. The van der Waals surface area contributed by atoms with E-state index in [9.17, 15) is 17.6 Å². The summed E-state index contributed by atoms with van der Waals surface area (Å²) < 4.78 is 50.8. The number of ether oxygens (including phenoxy) is 2. The molecule has 3 aromatic rings. The Kier molecular flexibility index (Phi) is 7.32. The first-order valence-electron chi connectivity index (χ1n) is 9.71. The number of nitrogens with one attached hydrogen (secondary N) is 2. The molecule has 2 N–H and O–H groups in total. The predicted molar refractivity (Wildman–Crippen MR) is 119 cm³/mol. The molecule has 0 aromatic heterocycles. The number of amides is 1. The highest BCUT2D eigenvalue weighted by Gasteiger charge is 2.15. The number of carbonyl (C=O) groups is 1. The topological polar surface area (TPSA) is 93.7 Å². The van der Waals surface area contributed by atoms with Gasteiger partial charge in [0.15, 0.2) is 6.61 Å². The molecule has 0 aliphatic heterocycles. The third-order valence-corrected chi connectivity index (χ3v) is 5.99. The van der Waals surface area contributed by atoms with Gasteiger partial charge in [0.2, 0.25) is 0 Å². The predicted octanol–water partition coefficient (Wildman–Crippen LogP) is 3.89. The second kappa shape index (κ2) is 10.1. The molecule has 0 heterocycles. The van der Waals surface area contributed by atoms with Crippen LogP contribution in [0.5, 0.6) is 11.5 Å². The monoisotopic (exact) mass is 458 g/mol. The molecule has 32 heavy (non-hydrogen) atoms. The van der Waals surface area contributed by atoms with Gasteiger partial charge in [0.05, 0.1) is 18.0 Å². The van der Waals surface area contributed by atoms with Gasteiger partial charge in [-0.3, -0.25) is 9.52 Å². The Morgan fingerprint density at radius 1 is 0.938 bits per heavy atom. The van der Waals surface area contributed by atoms with Crippen molar-refractivity contribution in [3.05, 3.63) is 84.2 Å². The molecule has 9 heteroatoms. The molecule has 0 saturated heterocycles. The van der Waals surface area contributed by atoms with Crippen LogP contribution in [0.1, 0.15) is 18.5 Å². The summed E-state index contributed by atoms with van der Waals surface area (Å²) in [5.74, 6) is 0.298. The van der Waals surface area contributed by atoms with Crippen LogP contribution in [0, 0.1) is 5.82 Å². The highest BCUT2D eigenvalue weighted by molar-refractivity contribution is 7.92. The Bertz CT molecular complexity index is 1150. The van der Waals surface area contributed by atoms with E-state index in [1.165, 1.54) is 36.4 Å². The van der Waals surface area contributed by atoms with Crippen molar-refractivity contribution in [2.45, 2.75) is 17.9 Å². The first-order valence-corrected chi connectivity index (χ1v) is 11.2. The van der Waals surface area contributed by atoms with E-state index >= 15 is 0 Å². The number of methoxy groups -OCH3 is 1. The van der Waals surface area contributed by atoms with Crippen LogP contribution in [0.2, 0.25) is 0 Å². The number of hydrogen-bond donors (Lipinski definition) is 2. The third-order valence-electron chi connectivity index (χ3n) is 4.59. The molecular formula is C23H23FN2O5S. The van der Waals surface area contributed by atoms with Gasteiger partial charge in [-0.05, 0) is 73.2 Å². The zero-order chi connectivity index (χ0) is 23.1. The molecule has 3 rings (SSSR count). The van der Waals surface area contributed by atoms with E-state index < -0.39 is 15.8 Å². The van der Waals surface area contributed by atoms with Gasteiger partial charge in [0, 0.05) is 5.69 Å². The van der Waals surface area contributed by atoms with Gasteiger partial charge in [-0.25, -0.2) is 12.8 Å². The third kappa shape index (κ3) is 6.21. The van der Waals surface area contributed by atoms with Crippen molar-refractivity contribution < 1.29 is 27.1 Å². The number of benzene rings is 3. The number of sulfonamides is 1. The van der Waals surface area contributed by atoms with E-state index in [0.717, 1.165) is 23.4 Å². The van der Waals surface area contributed by atoms with Crippen molar-refractivity contribution in [3.63, 3.8) is 0 Å². The quantitative estimate of drug-likeness (QED) is 0.507. The summed E-state index contributed by atoms with van der Waals surface area (Å²) in [5, 5.41) is 2.83. The fraction of sp³-hybridized carbons (Fsp3) is 0.174. The van der Waals surface area contributed by atoms with Gasteiger partial charge in [-0.2, -0.15) is 0 Å². The highest BCUT2D eigenvalue weighted by atomic mass is 32.2. The SMILES string of the molecule is COc1ccc(C(C)NC(=O)COc2ccc(S(=O)(=O)Nc3ccc(F)cc3)cc2)cc1. The summed E-state index contributed by atoms with van der Waals surface area (Å²) in [6.07, 6.45) is 0. The lowest BCUT2D eigenvalue weighted by molar-refractivity contribution is -0.123. The van der Waals surface area contributed by atoms with Gasteiger partial charge < -0.3 is 14.8 Å². The van der Waals surface area contributed by atoms with E-state index in [-0.39, 0.29) is 29.1 Å². The number of hydrogen-bond acceptors (Lipinski definition) is 5. The van der Waals surface area contributed by atoms with Crippen LogP contribution < -0.4 is 19.5 Å². The van der Waals surface area contributed by atoms with Gasteiger partial charge in [0.25, 0.3) is 15.9 Å². The van der Waals surface area contributed by atoms with Gasteiger partial charge in [-0.1, -0.05) is 12.1 Å². The average molecular weight is 459 g/mol. The minimum Gasteiger partial charge on any atom is -0.497 e. The fourth-order valence-corrected chi connectivity index (χ4v) is 3.91. The summed E-state index contributed by atoms with van der Waals surface area (Å²) in [4.78, 5) is 12.2. The second-order valence-electron chi connectivity index (χ2n) is 6.93. The molecule has 3 aromatic carbocycles. The zero-order valence-electron chi connectivity index (χ0n) is 17.5. The molecule has 0 radical (unpaired) electrons. The van der Waals surface area contributed by atoms with Crippen molar-refractivity contribution >= 4 is 21.6 Å². The maximum absolute atomic E-state index is 13.0. The number of carbonyl (C=O) groups excluding carboxylic acids is 1. The summed E-state index contributed by atoms with van der Waals surface area (Å²) in [6.45, 7) is 1.63. The van der Waals surface area contributed by atoms with Crippen molar-refractivity contribution in [2.75, 3.05) is 18.4 Å². The molecule has 1 atom stereocenters. The maximum Gasteiger partial charge on any atom is 0.261 e. The Balaban J connectivity index is 1.53. The highest BCUT2D eigenvalue weighted by Crippen LogP contribution is 2.20. The van der Waals surface area contributed by atoms with E-state index in [2.05, 4.69) is 10.0 Å². The van der Waals surface area contributed by atoms with Crippen LogP contribution in [0.4, 0.5) is 10.1 Å². The summed E-state index contributed by atoms with van der Waals surface area (Å²) in [6, 6.07) is 17.8. The van der Waals surface area contributed by atoms with Crippen molar-refractivity contribution in [1.29, 1.82) is 0 Å². The van der Waals surface area contributed by atoms with Crippen LogP contribution >= 0.6 is 0 Å². The molecule has 0 saturated carbocycles. The Hall–Kier alpha value is -3.59. The normalized spacial score (nSPS) is 12.0. The van der Waals surface area contributed by atoms with Crippen LogP contribution in [-0.2, 0) is 14.8 Å². The van der Waals surface area contributed by atoms with E-state index in [4.69, 9.17) is 9.47 Å². The summed E-state index contributed by atoms with van der Waals surface area (Å²) >= 11 is 0. The van der Waals surface area contributed by atoms with Crippen molar-refractivity contribution in [1.82, 2.24) is 5.32 Å². The minimum atomic E-state index is -3.84. The van der Waals surface area contributed by atoms with Crippen LogP contribution in [-0.4, -0.2) is 28.0 Å². The van der Waals surface area contributed by atoms with Crippen LogP contribution in [0.15, 0.2) is 77.7 Å². The summed E-state index contributed by atoms with van der Waals surface area (Å²) in [5.41, 5.74) is 1.16. The maximum atomic E-state index is 13.0. The average Bonchev–Trinajstić information content (AvgIpc) is 2.79. The lowest BCUT2D eigenvalue weighted by Gasteiger charge is -2.15. The van der Waals surface area contributed by atoms with Gasteiger partial charge in [-0.15, -0.1) is 0 Å². The molecular weight excluding hydrogens is 435 g/mol. The van der Waals surface area contributed by atoms with E-state index in [1.54, 1.807) is 7.11 Å². The Labute approximate surface area is 186 Å². The van der Waals surface area contributed by atoms with Crippen LogP contribution in [0.25, 0.3) is 0 Å². The Morgan fingerprint density at radius 3 is 2.12 bits per heavy atom. The zero-order valence-corrected chi connectivity index (χ0v) is 18.4. The van der Waals surface area contributed by atoms with Crippen molar-refractivity contribution in [2.24, 2.45) is 0 Å². The van der Waals surface area contributed by atoms with Gasteiger partial charge >= 0.3 is 0 Å². The van der Waals surface area contributed by atoms with Crippen LogP contribution in [0.3, 0.4) is 0 Å². The lowest BCUT2D eigenvalue weighted by atomic mass is 10.1. The lowest BCUT2D eigenvalue weighted by Crippen LogP contribution is -2.31. The molecule has 0 aliphatic carbocycles. The summed E-state index contributed by atoms with van der Waals surface area (Å²) in [7, 11) is -2.26. The first kappa shape index (κ1) is 23.1. The molecule has 0 spiro atoms. The molecule has 1 amide bonds. The largest absolute Gasteiger partial charge is 0.497 e. The van der Waals surface area contributed by atoms with E-state index in [0.29, 0.717) is 5.75 Å². The Morgan fingerprint density at radius 2 is 1.53 bits per heavy atom. The number of rotatable bonds is 9. The molecule has 0 fully saturated rings. The van der Waals surface area contributed by atoms with E-state index in [1.807, 2.05) is 31.2 Å². The van der Waals surface area contributed by atoms with Crippen molar-refractivity contribution in [3.8, 4) is 11.5 Å². The molecule has 1 unspecified atom stereocenters. The molecule has 7 nitrogen and oxygen atoms in total. The minimum absolute atomic E-state index is 0.00625. The molecule has 0 bridgehead atoms. The second-order valence-corrected chi connectivity index (χ2v) is 8.62. The molecule has 0 aliphatic rings. The molecule has 168 valence electrons. The number of anilines is 1. The van der Waals surface area contributed by atoms with Gasteiger partial charge in [0.1, 0.15) is 17.3 Å².